The van der Waals surface area contributed by atoms with Crippen LogP contribution in [0.2, 0.25) is 5.02 Å². The first-order valence-corrected chi connectivity index (χ1v) is 6.36. The minimum absolute atomic E-state index is 0.207. The van der Waals surface area contributed by atoms with Crippen LogP contribution in [0.25, 0.3) is 10.9 Å². The number of hydrogen-bond acceptors (Lipinski definition) is 1. The molecule has 0 saturated heterocycles. The standard InChI is InChI=1S/C14H16ClNO2/c1-8-12(15)7-6-11-10(4-3-5-13(17)18)9(2)16-14(8)11/h6-7,16H,3-5H2,1-2H3,(H,17,18). The van der Waals surface area contributed by atoms with E-state index in [4.69, 9.17) is 16.7 Å². The van der Waals surface area contributed by atoms with Crippen LogP contribution in [0.4, 0.5) is 0 Å². The first-order valence-electron chi connectivity index (χ1n) is 5.98. The monoisotopic (exact) mass is 265 g/mol. The van der Waals surface area contributed by atoms with Gasteiger partial charge in [-0.25, -0.2) is 0 Å². The van der Waals surface area contributed by atoms with Crippen molar-refractivity contribution in [2.24, 2.45) is 0 Å². The number of hydrogen-bond donors (Lipinski definition) is 2. The Morgan fingerprint density at radius 3 is 2.78 bits per heavy atom. The van der Waals surface area contributed by atoms with E-state index in [0.717, 1.165) is 33.6 Å². The van der Waals surface area contributed by atoms with Gasteiger partial charge in [0.05, 0.1) is 5.52 Å². The number of carboxylic acid groups (broad SMARTS) is 1. The molecular weight excluding hydrogens is 250 g/mol. The zero-order valence-corrected chi connectivity index (χ0v) is 11.3. The molecule has 2 N–H and O–H groups in total. The molecule has 1 aromatic heterocycles. The van der Waals surface area contributed by atoms with Crippen LogP contribution >= 0.6 is 11.6 Å². The van der Waals surface area contributed by atoms with Crippen molar-refractivity contribution in [3.8, 4) is 0 Å². The second-order valence-corrected chi connectivity index (χ2v) is 4.98. The number of H-pyrrole nitrogens is 1. The van der Waals surface area contributed by atoms with E-state index in [1.807, 2.05) is 26.0 Å². The molecule has 0 fully saturated rings. The van der Waals surface area contributed by atoms with Crippen LogP contribution in [0, 0.1) is 13.8 Å². The Kier molecular flexibility index (Phi) is 3.62. The summed E-state index contributed by atoms with van der Waals surface area (Å²) in [7, 11) is 0. The highest BCUT2D eigenvalue weighted by Crippen LogP contribution is 2.30. The lowest BCUT2D eigenvalue weighted by molar-refractivity contribution is -0.137. The van der Waals surface area contributed by atoms with Crippen LogP contribution in [0.1, 0.15) is 29.7 Å². The second kappa shape index (κ2) is 5.02. The fourth-order valence-electron chi connectivity index (χ4n) is 2.30. The predicted octanol–water partition coefficient (Wildman–Crippen LogP) is 3.85. The summed E-state index contributed by atoms with van der Waals surface area (Å²) in [4.78, 5) is 13.9. The first-order chi connectivity index (χ1) is 8.50. The Hall–Kier alpha value is -1.48. The Balaban J connectivity index is 2.36. The zero-order chi connectivity index (χ0) is 13.3. The molecule has 0 amide bonds. The third kappa shape index (κ3) is 2.36. The molecule has 96 valence electrons. The van der Waals surface area contributed by atoms with Gasteiger partial charge in [0.1, 0.15) is 0 Å². The molecule has 3 nitrogen and oxygen atoms in total. The summed E-state index contributed by atoms with van der Waals surface area (Å²) >= 11 is 6.10. The summed E-state index contributed by atoms with van der Waals surface area (Å²) in [6, 6.07) is 3.90. The summed E-state index contributed by atoms with van der Waals surface area (Å²) in [6.45, 7) is 4.01. The molecule has 0 aliphatic heterocycles. The molecule has 0 unspecified atom stereocenters. The second-order valence-electron chi connectivity index (χ2n) is 4.57. The SMILES string of the molecule is Cc1[nH]c2c(C)c(Cl)ccc2c1CCCC(=O)O. The number of aromatic amines is 1. The lowest BCUT2D eigenvalue weighted by Crippen LogP contribution is -1.96. The van der Waals surface area contributed by atoms with Gasteiger partial charge in [0, 0.05) is 22.5 Å². The molecule has 2 aromatic rings. The van der Waals surface area contributed by atoms with Gasteiger partial charge in [0.2, 0.25) is 0 Å². The third-order valence-electron chi connectivity index (χ3n) is 3.31. The van der Waals surface area contributed by atoms with Gasteiger partial charge >= 0.3 is 5.97 Å². The summed E-state index contributed by atoms with van der Waals surface area (Å²) in [6.07, 6.45) is 1.64. The van der Waals surface area contributed by atoms with E-state index in [1.165, 1.54) is 5.56 Å². The number of rotatable bonds is 4. The molecule has 1 heterocycles. The van der Waals surface area contributed by atoms with Gasteiger partial charge in [-0.05, 0) is 43.9 Å². The van der Waals surface area contributed by atoms with Gasteiger partial charge in [-0.15, -0.1) is 0 Å². The summed E-state index contributed by atoms with van der Waals surface area (Å²) in [5, 5.41) is 10.6. The zero-order valence-electron chi connectivity index (χ0n) is 10.5. The minimum atomic E-state index is -0.744. The number of nitrogens with one attached hydrogen (secondary N) is 1. The van der Waals surface area contributed by atoms with E-state index in [-0.39, 0.29) is 6.42 Å². The van der Waals surface area contributed by atoms with Crippen molar-refractivity contribution in [1.29, 1.82) is 0 Å². The van der Waals surface area contributed by atoms with E-state index in [2.05, 4.69) is 4.98 Å². The Morgan fingerprint density at radius 1 is 1.39 bits per heavy atom. The molecule has 4 heteroatoms. The number of aryl methyl sites for hydroxylation is 3. The molecule has 0 aliphatic rings. The van der Waals surface area contributed by atoms with Gasteiger partial charge in [0.25, 0.3) is 0 Å². The number of benzene rings is 1. The molecule has 2 rings (SSSR count). The highest BCUT2D eigenvalue weighted by Gasteiger charge is 2.11. The van der Waals surface area contributed by atoms with E-state index in [9.17, 15) is 4.79 Å². The van der Waals surface area contributed by atoms with Crippen molar-refractivity contribution < 1.29 is 9.90 Å². The fraction of sp³-hybridized carbons (Fsp3) is 0.357. The lowest BCUT2D eigenvalue weighted by atomic mass is 10.0. The fourth-order valence-corrected chi connectivity index (χ4v) is 2.46. The molecule has 0 aliphatic carbocycles. The minimum Gasteiger partial charge on any atom is -0.481 e. The van der Waals surface area contributed by atoms with Crippen LogP contribution in [0.15, 0.2) is 12.1 Å². The lowest BCUT2D eigenvalue weighted by Gasteiger charge is -2.02. The van der Waals surface area contributed by atoms with E-state index >= 15 is 0 Å². The molecule has 0 radical (unpaired) electrons. The van der Waals surface area contributed by atoms with Gasteiger partial charge < -0.3 is 10.1 Å². The topological polar surface area (TPSA) is 53.1 Å². The van der Waals surface area contributed by atoms with Crippen LogP contribution in [0.5, 0.6) is 0 Å². The van der Waals surface area contributed by atoms with Crippen LogP contribution < -0.4 is 0 Å². The van der Waals surface area contributed by atoms with Crippen molar-refractivity contribution in [2.45, 2.75) is 33.1 Å². The van der Waals surface area contributed by atoms with Crippen molar-refractivity contribution in [3.05, 3.63) is 34.0 Å². The summed E-state index contributed by atoms with van der Waals surface area (Å²) < 4.78 is 0. The van der Waals surface area contributed by atoms with Gasteiger partial charge in [-0.3, -0.25) is 4.79 Å². The van der Waals surface area contributed by atoms with E-state index < -0.39 is 5.97 Å². The predicted molar refractivity (Wildman–Crippen MR) is 73.4 cm³/mol. The van der Waals surface area contributed by atoms with Crippen LogP contribution in [-0.2, 0) is 11.2 Å². The van der Waals surface area contributed by atoms with Gasteiger partial charge in [-0.1, -0.05) is 17.7 Å². The maximum absolute atomic E-state index is 10.5. The molecule has 0 atom stereocenters. The number of carbonyl (C=O) groups is 1. The number of fused-ring (bicyclic) bond motifs is 1. The molecule has 18 heavy (non-hydrogen) atoms. The highest BCUT2D eigenvalue weighted by atomic mass is 35.5. The number of halogens is 1. The molecular formula is C14H16ClNO2. The average molecular weight is 266 g/mol. The van der Waals surface area contributed by atoms with E-state index in [1.54, 1.807) is 0 Å². The quantitative estimate of drug-likeness (QED) is 0.882. The third-order valence-corrected chi connectivity index (χ3v) is 3.72. The Bertz CT molecular complexity index is 601. The number of aromatic nitrogens is 1. The normalized spacial score (nSPS) is 11.1. The number of aliphatic carboxylic acids is 1. The maximum Gasteiger partial charge on any atom is 0.303 e. The Morgan fingerprint density at radius 2 is 2.11 bits per heavy atom. The number of carboxylic acids is 1. The average Bonchev–Trinajstić information content (AvgIpc) is 2.62. The molecule has 0 saturated carbocycles. The van der Waals surface area contributed by atoms with Crippen molar-refractivity contribution in [2.75, 3.05) is 0 Å². The maximum atomic E-state index is 10.5. The van der Waals surface area contributed by atoms with E-state index in [0.29, 0.717) is 6.42 Å². The highest BCUT2D eigenvalue weighted by molar-refractivity contribution is 6.32. The van der Waals surface area contributed by atoms with Crippen molar-refractivity contribution >= 4 is 28.5 Å². The van der Waals surface area contributed by atoms with Crippen molar-refractivity contribution in [1.82, 2.24) is 4.98 Å². The van der Waals surface area contributed by atoms with Crippen LogP contribution in [-0.4, -0.2) is 16.1 Å². The summed E-state index contributed by atoms with van der Waals surface area (Å²) in [5.74, 6) is -0.744. The largest absolute Gasteiger partial charge is 0.481 e. The summed E-state index contributed by atoms with van der Waals surface area (Å²) in [5.41, 5.74) is 4.40. The smallest absolute Gasteiger partial charge is 0.303 e. The van der Waals surface area contributed by atoms with Gasteiger partial charge in [0.15, 0.2) is 0 Å². The first kappa shape index (κ1) is 13.0. The molecule has 0 bridgehead atoms. The van der Waals surface area contributed by atoms with Gasteiger partial charge in [-0.2, -0.15) is 0 Å². The Labute approximate surface area is 111 Å². The van der Waals surface area contributed by atoms with Crippen molar-refractivity contribution in [3.63, 3.8) is 0 Å². The molecule has 1 aromatic carbocycles. The van der Waals surface area contributed by atoms with Crippen LogP contribution in [0.3, 0.4) is 0 Å². The molecule has 0 spiro atoms.